The Hall–Kier alpha value is -2.10. The average molecular weight is 399 g/mol. The van der Waals surface area contributed by atoms with E-state index in [4.69, 9.17) is 4.74 Å². The molecular weight excluding hydrogens is 376 g/mol. The molecule has 0 aliphatic heterocycles. The van der Waals surface area contributed by atoms with Crippen molar-refractivity contribution in [1.82, 2.24) is 4.31 Å². The molecule has 0 radical (unpaired) electrons. The zero-order valence-corrected chi connectivity index (χ0v) is 16.7. The van der Waals surface area contributed by atoms with Gasteiger partial charge in [0, 0.05) is 14.1 Å². The van der Waals surface area contributed by atoms with Gasteiger partial charge in [-0.2, -0.15) is 0 Å². The molecule has 0 aliphatic carbocycles. The number of rotatable bonds is 7. The average Bonchev–Trinajstić information content (AvgIpc) is 2.57. The summed E-state index contributed by atoms with van der Waals surface area (Å²) < 4.78 is 58.6. The second-order valence-electron chi connectivity index (χ2n) is 5.78. The second-order valence-corrected chi connectivity index (χ2v) is 9.58. The zero-order valence-electron chi connectivity index (χ0n) is 15.1. The van der Waals surface area contributed by atoms with Gasteiger partial charge in [0.2, 0.25) is 10.0 Å². The Balaban J connectivity index is 2.35. The first-order valence-electron chi connectivity index (χ1n) is 7.87. The zero-order chi connectivity index (χ0) is 19.5. The summed E-state index contributed by atoms with van der Waals surface area (Å²) in [6.45, 7) is 3.97. The molecule has 0 aromatic heterocycles. The summed E-state index contributed by atoms with van der Waals surface area (Å²) in [5, 5.41) is 0. The molecule has 9 heteroatoms. The van der Waals surface area contributed by atoms with E-state index in [1.54, 1.807) is 25.1 Å². The lowest BCUT2D eigenvalue weighted by atomic mass is 10.2. The molecule has 0 spiro atoms. The van der Waals surface area contributed by atoms with E-state index in [2.05, 4.69) is 4.72 Å². The number of nitrogens with one attached hydrogen (secondary N) is 1. The van der Waals surface area contributed by atoms with Crippen LogP contribution in [0, 0.1) is 6.92 Å². The maximum atomic E-state index is 12.5. The van der Waals surface area contributed by atoms with Crippen LogP contribution in [0.5, 0.6) is 5.75 Å². The molecule has 0 bridgehead atoms. The van der Waals surface area contributed by atoms with E-state index in [1.807, 2.05) is 6.92 Å². The summed E-state index contributed by atoms with van der Waals surface area (Å²) in [5.41, 5.74) is 0.702. The van der Waals surface area contributed by atoms with Crippen LogP contribution < -0.4 is 9.46 Å². The number of ether oxygens (including phenoxy) is 1. The lowest BCUT2D eigenvalue weighted by Gasteiger charge is -2.15. The Bertz CT molecular complexity index is 982. The van der Waals surface area contributed by atoms with Crippen LogP contribution in [0.25, 0.3) is 0 Å². The minimum Gasteiger partial charge on any atom is -0.494 e. The second kappa shape index (κ2) is 7.65. The maximum Gasteiger partial charge on any atom is 0.261 e. The molecular formula is C17H22N2O5S2. The van der Waals surface area contributed by atoms with E-state index in [9.17, 15) is 16.8 Å². The highest BCUT2D eigenvalue weighted by molar-refractivity contribution is 7.92. The molecule has 2 aromatic rings. The lowest BCUT2D eigenvalue weighted by Crippen LogP contribution is -2.23. The first kappa shape index (κ1) is 20.2. The molecule has 0 saturated heterocycles. The highest BCUT2D eigenvalue weighted by Gasteiger charge is 2.21. The fourth-order valence-corrected chi connectivity index (χ4v) is 4.43. The van der Waals surface area contributed by atoms with Crippen molar-refractivity contribution in [3.8, 4) is 5.75 Å². The molecule has 2 rings (SSSR count). The van der Waals surface area contributed by atoms with Crippen molar-refractivity contribution < 1.29 is 21.6 Å². The van der Waals surface area contributed by atoms with Crippen molar-refractivity contribution in [1.29, 1.82) is 0 Å². The van der Waals surface area contributed by atoms with Gasteiger partial charge in [0.25, 0.3) is 10.0 Å². The highest BCUT2D eigenvalue weighted by Crippen LogP contribution is 2.25. The van der Waals surface area contributed by atoms with Crippen LogP contribution in [0.1, 0.15) is 12.5 Å². The van der Waals surface area contributed by atoms with Crippen molar-refractivity contribution in [2.24, 2.45) is 0 Å². The van der Waals surface area contributed by atoms with Crippen molar-refractivity contribution in [3.05, 3.63) is 48.0 Å². The SMILES string of the molecule is CCOc1ccc(S(=O)(=O)Nc2ccc(C)c(S(=O)(=O)N(C)C)c2)cc1. The summed E-state index contributed by atoms with van der Waals surface area (Å²) in [6, 6.07) is 10.4. The van der Waals surface area contributed by atoms with Crippen molar-refractivity contribution in [2.45, 2.75) is 23.6 Å². The first-order valence-corrected chi connectivity index (χ1v) is 10.8. The highest BCUT2D eigenvalue weighted by atomic mass is 32.2. The maximum absolute atomic E-state index is 12.5. The monoisotopic (exact) mass is 398 g/mol. The van der Waals surface area contributed by atoms with E-state index in [0.717, 1.165) is 4.31 Å². The van der Waals surface area contributed by atoms with Gasteiger partial charge in [-0.1, -0.05) is 6.07 Å². The number of aryl methyl sites for hydroxylation is 1. The van der Waals surface area contributed by atoms with E-state index in [0.29, 0.717) is 17.9 Å². The summed E-state index contributed by atoms with van der Waals surface area (Å²) in [6.07, 6.45) is 0. The van der Waals surface area contributed by atoms with E-state index in [-0.39, 0.29) is 15.5 Å². The number of anilines is 1. The van der Waals surface area contributed by atoms with Gasteiger partial charge in [-0.15, -0.1) is 0 Å². The van der Waals surface area contributed by atoms with Gasteiger partial charge in [0.1, 0.15) is 5.75 Å². The molecule has 1 N–H and O–H groups in total. The third-order valence-corrected chi connectivity index (χ3v) is 7.00. The van der Waals surface area contributed by atoms with E-state index >= 15 is 0 Å². The number of nitrogens with zero attached hydrogens (tertiary/aromatic N) is 1. The fourth-order valence-electron chi connectivity index (χ4n) is 2.23. The molecule has 142 valence electrons. The molecule has 0 amide bonds. The molecule has 0 fully saturated rings. The predicted molar refractivity (Wildman–Crippen MR) is 100 cm³/mol. The molecule has 0 heterocycles. The van der Waals surface area contributed by atoms with Crippen LogP contribution in [0.4, 0.5) is 5.69 Å². The first-order chi connectivity index (χ1) is 12.1. The van der Waals surface area contributed by atoms with E-state index in [1.165, 1.54) is 38.4 Å². The van der Waals surface area contributed by atoms with Gasteiger partial charge < -0.3 is 4.74 Å². The summed E-state index contributed by atoms with van der Waals surface area (Å²) in [7, 11) is -4.69. The van der Waals surface area contributed by atoms with Crippen LogP contribution in [0.15, 0.2) is 52.3 Å². The van der Waals surface area contributed by atoms with E-state index < -0.39 is 20.0 Å². The quantitative estimate of drug-likeness (QED) is 0.773. The van der Waals surface area contributed by atoms with Crippen LogP contribution in [-0.2, 0) is 20.0 Å². The Morgan fingerprint density at radius 1 is 1.00 bits per heavy atom. The standard InChI is InChI=1S/C17H22N2O5S2/c1-5-24-15-8-10-16(11-9-15)25(20,21)18-14-7-6-13(2)17(12-14)26(22,23)19(3)4/h6-12,18H,5H2,1-4H3. The molecule has 0 unspecified atom stereocenters. The molecule has 0 saturated carbocycles. The Labute approximate surface area is 154 Å². The van der Waals surface area contributed by atoms with Gasteiger partial charge >= 0.3 is 0 Å². The third kappa shape index (κ3) is 4.35. The molecule has 2 aromatic carbocycles. The van der Waals surface area contributed by atoms with Crippen LogP contribution in [0.2, 0.25) is 0 Å². The Morgan fingerprint density at radius 3 is 2.15 bits per heavy atom. The van der Waals surface area contributed by atoms with Gasteiger partial charge in [0.15, 0.2) is 0 Å². The van der Waals surface area contributed by atoms with Gasteiger partial charge in [0.05, 0.1) is 22.1 Å². The normalized spacial score (nSPS) is 12.2. The summed E-state index contributed by atoms with van der Waals surface area (Å²) in [5.74, 6) is 0.571. The predicted octanol–water partition coefficient (Wildman–Crippen LogP) is 2.44. The molecule has 26 heavy (non-hydrogen) atoms. The number of benzene rings is 2. The minimum atomic E-state index is -3.85. The topological polar surface area (TPSA) is 92.8 Å². The van der Waals surface area contributed by atoms with Crippen LogP contribution in [-0.4, -0.2) is 41.8 Å². The van der Waals surface area contributed by atoms with Gasteiger partial charge in [-0.25, -0.2) is 21.1 Å². The summed E-state index contributed by atoms with van der Waals surface area (Å²) in [4.78, 5) is 0.105. The largest absolute Gasteiger partial charge is 0.494 e. The number of hydrogen-bond acceptors (Lipinski definition) is 5. The Morgan fingerprint density at radius 2 is 1.62 bits per heavy atom. The molecule has 7 nitrogen and oxygen atoms in total. The van der Waals surface area contributed by atoms with Crippen molar-refractivity contribution >= 4 is 25.7 Å². The fraction of sp³-hybridized carbons (Fsp3) is 0.294. The minimum absolute atomic E-state index is 0.0504. The van der Waals surface area contributed by atoms with Gasteiger partial charge in [-0.3, -0.25) is 4.72 Å². The van der Waals surface area contributed by atoms with Gasteiger partial charge in [-0.05, 0) is 55.8 Å². The summed E-state index contributed by atoms with van der Waals surface area (Å²) >= 11 is 0. The van der Waals surface area contributed by atoms with Crippen LogP contribution >= 0.6 is 0 Å². The van der Waals surface area contributed by atoms with Crippen LogP contribution in [0.3, 0.4) is 0 Å². The molecule has 0 aliphatic rings. The smallest absolute Gasteiger partial charge is 0.261 e. The molecule has 0 atom stereocenters. The third-order valence-electron chi connectivity index (χ3n) is 3.64. The lowest BCUT2D eigenvalue weighted by molar-refractivity contribution is 0.340. The Kier molecular flexibility index (Phi) is 5.94. The van der Waals surface area contributed by atoms with Crippen molar-refractivity contribution in [3.63, 3.8) is 0 Å². The number of sulfonamides is 2. The number of hydrogen-bond donors (Lipinski definition) is 1. The van der Waals surface area contributed by atoms with Crippen molar-refractivity contribution in [2.75, 3.05) is 25.4 Å².